The quantitative estimate of drug-likeness (QED) is 0.782. The molecular weight excluding hydrogens is 341 g/mol. The minimum Gasteiger partial charge on any atom is -0.310 e. The lowest BCUT2D eigenvalue weighted by molar-refractivity contribution is 0.547. The summed E-state index contributed by atoms with van der Waals surface area (Å²) >= 11 is 9.35. The van der Waals surface area contributed by atoms with Crippen molar-refractivity contribution in [3.05, 3.63) is 68.9 Å². The van der Waals surface area contributed by atoms with Crippen LogP contribution in [-0.4, -0.2) is 6.54 Å². The van der Waals surface area contributed by atoms with E-state index < -0.39 is 0 Å². The maximum atomic E-state index is 13.3. The van der Waals surface area contributed by atoms with Crippen LogP contribution in [-0.2, 0) is 6.42 Å². The van der Waals surface area contributed by atoms with Gasteiger partial charge in [0, 0.05) is 10.5 Å². The van der Waals surface area contributed by atoms with Gasteiger partial charge in [0.05, 0.1) is 5.02 Å². The highest BCUT2D eigenvalue weighted by Gasteiger charge is 2.13. The average Bonchev–Trinajstić information content (AvgIpc) is 2.41. The molecule has 0 aromatic heterocycles. The van der Waals surface area contributed by atoms with Gasteiger partial charge in [-0.05, 0) is 48.4 Å². The lowest BCUT2D eigenvalue weighted by atomic mass is 9.99. The average molecular weight is 357 g/mol. The molecule has 0 heterocycles. The van der Waals surface area contributed by atoms with Crippen LogP contribution in [0.2, 0.25) is 5.02 Å². The van der Waals surface area contributed by atoms with Crippen molar-refractivity contribution in [1.29, 1.82) is 0 Å². The third-order valence-electron chi connectivity index (χ3n) is 3.13. The summed E-state index contributed by atoms with van der Waals surface area (Å²) in [6, 6.07) is 13.2. The van der Waals surface area contributed by atoms with E-state index >= 15 is 0 Å². The second-order valence-electron chi connectivity index (χ2n) is 4.62. The van der Waals surface area contributed by atoms with E-state index in [1.54, 1.807) is 12.1 Å². The molecule has 2 rings (SSSR count). The number of nitrogens with one attached hydrogen (secondary N) is 1. The Labute approximate surface area is 132 Å². The van der Waals surface area contributed by atoms with Gasteiger partial charge in [-0.2, -0.15) is 0 Å². The summed E-state index contributed by atoms with van der Waals surface area (Å²) in [5, 5.41) is 3.58. The highest BCUT2D eigenvalue weighted by molar-refractivity contribution is 9.10. The molecule has 0 saturated heterocycles. The van der Waals surface area contributed by atoms with Gasteiger partial charge in [-0.25, -0.2) is 4.39 Å². The first-order valence-corrected chi connectivity index (χ1v) is 7.70. The summed E-state index contributed by atoms with van der Waals surface area (Å²) < 4.78 is 14.3. The van der Waals surface area contributed by atoms with Crippen molar-refractivity contribution < 1.29 is 4.39 Å². The summed E-state index contributed by atoms with van der Waals surface area (Å²) in [6.45, 7) is 2.90. The molecule has 0 radical (unpaired) electrons. The zero-order valence-corrected chi connectivity index (χ0v) is 13.5. The van der Waals surface area contributed by atoms with Crippen LogP contribution >= 0.6 is 27.5 Å². The highest BCUT2D eigenvalue weighted by Crippen LogP contribution is 2.24. The van der Waals surface area contributed by atoms with Crippen molar-refractivity contribution in [2.75, 3.05) is 6.54 Å². The lowest BCUT2D eigenvalue weighted by Crippen LogP contribution is -2.23. The van der Waals surface area contributed by atoms with Gasteiger partial charge in [0.2, 0.25) is 0 Å². The van der Waals surface area contributed by atoms with Crippen LogP contribution in [0.3, 0.4) is 0 Å². The molecule has 0 aliphatic rings. The summed E-state index contributed by atoms with van der Waals surface area (Å²) in [7, 11) is 0. The maximum absolute atomic E-state index is 13.3. The number of rotatable bonds is 5. The van der Waals surface area contributed by atoms with E-state index in [4.69, 9.17) is 11.6 Å². The minimum atomic E-state index is -0.381. The molecule has 0 amide bonds. The molecule has 1 N–H and O–H groups in total. The first-order valence-electron chi connectivity index (χ1n) is 6.53. The van der Waals surface area contributed by atoms with Crippen molar-refractivity contribution in [2.45, 2.75) is 19.4 Å². The fraction of sp³-hybridized carbons (Fsp3) is 0.250. The van der Waals surface area contributed by atoms with Crippen molar-refractivity contribution >= 4 is 27.5 Å². The summed E-state index contributed by atoms with van der Waals surface area (Å²) in [5.41, 5.74) is 2.21. The predicted octanol–water partition coefficient (Wildman–Crippen LogP) is 5.13. The largest absolute Gasteiger partial charge is 0.310 e. The summed E-state index contributed by atoms with van der Waals surface area (Å²) in [5.74, 6) is -0.381. The van der Waals surface area contributed by atoms with Crippen LogP contribution in [0.1, 0.15) is 24.1 Å². The Kier molecular flexibility index (Phi) is 5.58. The van der Waals surface area contributed by atoms with Crippen LogP contribution in [0, 0.1) is 5.82 Å². The third kappa shape index (κ3) is 4.05. The predicted molar refractivity (Wildman–Crippen MR) is 85.7 cm³/mol. The van der Waals surface area contributed by atoms with E-state index in [0.29, 0.717) is 0 Å². The Balaban J connectivity index is 2.24. The molecule has 0 spiro atoms. The Morgan fingerprint density at radius 3 is 2.70 bits per heavy atom. The van der Waals surface area contributed by atoms with Gasteiger partial charge in [-0.3, -0.25) is 0 Å². The molecule has 0 aliphatic carbocycles. The number of benzene rings is 2. The monoisotopic (exact) mass is 355 g/mol. The minimum absolute atomic E-state index is 0.118. The van der Waals surface area contributed by atoms with Gasteiger partial charge >= 0.3 is 0 Å². The van der Waals surface area contributed by atoms with Crippen LogP contribution in [0.25, 0.3) is 0 Å². The van der Waals surface area contributed by atoms with Crippen LogP contribution < -0.4 is 5.32 Å². The fourth-order valence-electron chi connectivity index (χ4n) is 2.18. The Hall–Kier alpha value is -0.900. The first kappa shape index (κ1) is 15.5. The van der Waals surface area contributed by atoms with E-state index in [1.165, 1.54) is 11.6 Å². The molecule has 4 heteroatoms. The molecule has 106 valence electrons. The Bertz CT molecular complexity index is 588. The van der Waals surface area contributed by atoms with E-state index in [2.05, 4.69) is 40.3 Å². The molecule has 2 aromatic carbocycles. The SMILES string of the molecule is CCNC(Cc1cccc(Br)c1)c1ccc(F)c(Cl)c1. The molecule has 0 saturated carbocycles. The third-order valence-corrected chi connectivity index (χ3v) is 3.91. The Morgan fingerprint density at radius 2 is 2.05 bits per heavy atom. The Morgan fingerprint density at radius 1 is 1.25 bits per heavy atom. The van der Waals surface area contributed by atoms with E-state index in [1.807, 2.05) is 12.1 Å². The summed E-state index contributed by atoms with van der Waals surface area (Å²) in [4.78, 5) is 0. The van der Waals surface area contributed by atoms with Crippen molar-refractivity contribution in [3.63, 3.8) is 0 Å². The number of hydrogen-bond donors (Lipinski definition) is 1. The zero-order valence-electron chi connectivity index (χ0n) is 11.2. The second kappa shape index (κ2) is 7.21. The highest BCUT2D eigenvalue weighted by atomic mass is 79.9. The maximum Gasteiger partial charge on any atom is 0.141 e. The molecule has 0 fully saturated rings. The number of halogens is 3. The molecule has 20 heavy (non-hydrogen) atoms. The topological polar surface area (TPSA) is 12.0 Å². The number of likely N-dealkylation sites (N-methyl/N-ethyl adjacent to an activating group) is 1. The van der Waals surface area contributed by atoms with Crippen molar-refractivity contribution in [1.82, 2.24) is 5.32 Å². The molecule has 1 unspecified atom stereocenters. The van der Waals surface area contributed by atoms with Gasteiger partial charge in [0.1, 0.15) is 5.82 Å². The fourth-order valence-corrected chi connectivity index (χ4v) is 2.82. The van der Waals surface area contributed by atoms with Gasteiger partial charge in [0.25, 0.3) is 0 Å². The van der Waals surface area contributed by atoms with Crippen molar-refractivity contribution in [3.8, 4) is 0 Å². The lowest BCUT2D eigenvalue weighted by Gasteiger charge is -2.19. The zero-order chi connectivity index (χ0) is 14.5. The normalized spacial score (nSPS) is 12.4. The molecule has 1 nitrogen and oxygen atoms in total. The van der Waals surface area contributed by atoms with Crippen LogP contribution in [0.5, 0.6) is 0 Å². The smallest absolute Gasteiger partial charge is 0.141 e. The second-order valence-corrected chi connectivity index (χ2v) is 5.94. The first-order chi connectivity index (χ1) is 9.60. The molecule has 1 atom stereocenters. The van der Waals surface area contributed by atoms with Crippen molar-refractivity contribution in [2.24, 2.45) is 0 Å². The molecular formula is C16H16BrClFN. The summed E-state index contributed by atoms with van der Waals surface area (Å²) in [6.07, 6.45) is 0.829. The van der Waals surface area contributed by atoms with Gasteiger partial charge < -0.3 is 5.32 Å². The van der Waals surface area contributed by atoms with Gasteiger partial charge in [-0.1, -0.05) is 52.7 Å². The molecule has 2 aromatic rings. The van der Waals surface area contributed by atoms with E-state index in [0.717, 1.165) is 23.0 Å². The van der Waals surface area contributed by atoms with Gasteiger partial charge in [0.15, 0.2) is 0 Å². The van der Waals surface area contributed by atoms with Crippen LogP contribution in [0.4, 0.5) is 4.39 Å². The van der Waals surface area contributed by atoms with Gasteiger partial charge in [-0.15, -0.1) is 0 Å². The number of hydrogen-bond acceptors (Lipinski definition) is 1. The standard InChI is InChI=1S/C16H16BrClFN/c1-2-20-16(9-11-4-3-5-13(17)8-11)12-6-7-15(19)14(18)10-12/h3-8,10,16,20H,2,9H2,1H3. The van der Waals surface area contributed by atoms with Crippen LogP contribution in [0.15, 0.2) is 46.9 Å². The van der Waals surface area contributed by atoms with E-state index in [-0.39, 0.29) is 16.9 Å². The molecule has 0 bridgehead atoms. The molecule has 0 aliphatic heterocycles. The van der Waals surface area contributed by atoms with E-state index in [9.17, 15) is 4.39 Å².